The zero-order valence-electron chi connectivity index (χ0n) is 40.3. The summed E-state index contributed by atoms with van der Waals surface area (Å²) in [4.78, 5) is 0. The molecule has 7 rings (SSSR count). The van der Waals surface area contributed by atoms with Crippen LogP contribution in [0.1, 0.15) is 107 Å². The van der Waals surface area contributed by atoms with Crippen LogP contribution >= 0.6 is 0 Å². The second kappa shape index (κ2) is 19.8. The van der Waals surface area contributed by atoms with Crippen LogP contribution in [0.25, 0.3) is 0 Å². The molecule has 4 saturated carbocycles. The summed E-state index contributed by atoms with van der Waals surface area (Å²) in [6.45, 7) is 14.4. The van der Waals surface area contributed by atoms with Crippen molar-refractivity contribution >= 4 is 0 Å². The molecule has 0 aromatic heterocycles. The van der Waals surface area contributed by atoms with Gasteiger partial charge in [-0.1, -0.05) is 46.3 Å². The molecule has 0 bridgehead atoms. The predicted octanol–water partition coefficient (Wildman–Crippen LogP) is -1.06. The number of aliphatic hydroxyl groups excluding tert-OH is 13. The van der Waals surface area contributed by atoms with E-state index >= 15 is 0 Å². The van der Waals surface area contributed by atoms with Crippen LogP contribution in [0.2, 0.25) is 0 Å². The minimum absolute atomic E-state index is 0.110. The van der Waals surface area contributed by atoms with E-state index in [0.29, 0.717) is 51.4 Å². The van der Waals surface area contributed by atoms with Gasteiger partial charge in [0.1, 0.15) is 73.2 Å². The highest BCUT2D eigenvalue weighted by molar-refractivity contribution is 5.22. The normalized spacial score (nSPS) is 52.9. The number of ether oxygens (including phenoxy) is 6. The van der Waals surface area contributed by atoms with Crippen molar-refractivity contribution in [3.63, 3.8) is 0 Å². The Labute approximate surface area is 393 Å². The lowest BCUT2D eigenvalue weighted by Crippen LogP contribution is -2.71. The second-order valence-corrected chi connectivity index (χ2v) is 23.1. The lowest BCUT2D eigenvalue weighted by atomic mass is 9.34. The van der Waals surface area contributed by atoms with Crippen molar-refractivity contribution in [2.24, 2.45) is 45.3 Å². The fourth-order valence-electron chi connectivity index (χ4n) is 14.9. The van der Waals surface area contributed by atoms with Gasteiger partial charge in [0.15, 0.2) is 18.9 Å². The minimum Gasteiger partial charge on any atom is -0.394 e. The Morgan fingerprint density at radius 1 is 0.642 bits per heavy atom. The van der Waals surface area contributed by atoms with Gasteiger partial charge in [0.25, 0.3) is 0 Å². The maximum Gasteiger partial charge on any atom is 0.187 e. The third-order valence-electron chi connectivity index (χ3n) is 18.7. The average molecular weight is 963 g/mol. The molecule has 3 aliphatic heterocycles. The predicted molar refractivity (Wildman–Crippen MR) is 235 cm³/mol. The second-order valence-electron chi connectivity index (χ2n) is 23.1. The molecular formula is C48H82O19. The van der Waals surface area contributed by atoms with Crippen LogP contribution in [-0.4, -0.2) is 202 Å². The number of hydrogen-bond acceptors (Lipinski definition) is 19. The van der Waals surface area contributed by atoms with E-state index in [1.807, 2.05) is 34.6 Å². The molecule has 7 fully saturated rings. The van der Waals surface area contributed by atoms with E-state index in [-0.39, 0.29) is 17.8 Å². The minimum atomic E-state index is -1.86. The highest BCUT2D eigenvalue weighted by Crippen LogP contribution is 2.76. The van der Waals surface area contributed by atoms with Crippen molar-refractivity contribution in [3.05, 3.63) is 11.6 Å². The largest absolute Gasteiger partial charge is 0.394 e. The Kier molecular flexibility index (Phi) is 15.9. The molecule has 19 heteroatoms. The van der Waals surface area contributed by atoms with E-state index < -0.39 is 163 Å². The molecule has 0 spiro atoms. The van der Waals surface area contributed by atoms with Gasteiger partial charge in [0, 0.05) is 0 Å². The van der Waals surface area contributed by atoms with Gasteiger partial charge in [-0.3, -0.25) is 0 Å². The van der Waals surface area contributed by atoms with Crippen molar-refractivity contribution in [2.75, 3.05) is 19.8 Å². The van der Waals surface area contributed by atoms with Crippen molar-refractivity contribution < 1.29 is 94.8 Å². The number of aliphatic hydroxyl groups is 13. The third-order valence-corrected chi connectivity index (χ3v) is 18.7. The molecule has 26 atom stereocenters. The molecule has 388 valence electrons. The fraction of sp³-hybridized carbons (Fsp3) is 0.958. The van der Waals surface area contributed by atoms with Crippen LogP contribution in [0.5, 0.6) is 0 Å². The molecule has 8 unspecified atom stereocenters. The SMILES string of the molecule is CC(C)=CCC[C@](C)(O[C@@H]1O[C@H](CO)[C@@H](O)[C@H](O)[C@H]1O)C1CC[C@]2(C)C1C(O)CC1C3(C)CCC(O)C(C)(C)C3[C@@H](O[C@@H]3O[C@H](CO)[C@@H](O)[C@H](O)[C@H]3O[C@@H]3O[C@H](CO)[C@@H](O)[C@H](O)[C@H]3O)CC12C. The summed E-state index contributed by atoms with van der Waals surface area (Å²) in [6, 6.07) is 0. The van der Waals surface area contributed by atoms with Gasteiger partial charge in [-0.2, -0.15) is 0 Å². The molecule has 3 saturated heterocycles. The first kappa shape index (κ1) is 53.8. The van der Waals surface area contributed by atoms with Gasteiger partial charge in [0.2, 0.25) is 0 Å². The van der Waals surface area contributed by atoms with Gasteiger partial charge in [-0.05, 0) is 117 Å². The number of rotatable bonds is 13. The van der Waals surface area contributed by atoms with Crippen molar-refractivity contribution in [1.82, 2.24) is 0 Å². The van der Waals surface area contributed by atoms with Crippen LogP contribution in [-0.2, 0) is 28.4 Å². The Bertz CT molecular complexity index is 1710. The first-order valence-corrected chi connectivity index (χ1v) is 24.5. The molecule has 7 aliphatic rings. The van der Waals surface area contributed by atoms with Gasteiger partial charge in [0.05, 0.1) is 43.7 Å². The van der Waals surface area contributed by atoms with E-state index in [9.17, 15) is 66.4 Å². The molecule has 0 aromatic rings. The molecule has 67 heavy (non-hydrogen) atoms. The zero-order chi connectivity index (χ0) is 49.5. The maximum atomic E-state index is 12.7. The Morgan fingerprint density at radius 2 is 1.18 bits per heavy atom. The van der Waals surface area contributed by atoms with Gasteiger partial charge >= 0.3 is 0 Å². The van der Waals surface area contributed by atoms with Crippen LogP contribution in [0.15, 0.2) is 11.6 Å². The van der Waals surface area contributed by atoms with Gasteiger partial charge in [-0.25, -0.2) is 0 Å². The molecule has 0 amide bonds. The molecule has 19 nitrogen and oxygen atoms in total. The monoisotopic (exact) mass is 963 g/mol. The van der Waals surface area contributed by atoms with Crippen molar-refractivity contribution in [3.8, 4) is 0 Å². The summed E-state index contributed by atoms with van der Waals surface area (Å²) in [6.07, 6.45) is -20.0. The van der Waals surface area contributed by atoms with E-state index in [1.54, 1.807) is 0 Å². The van der Waals surface area contributed by atoms with Gasteiger partial charge in [-0.15, -0.1) is 0 Å². The van der Waals surface area contributed by atoms with Crippen LogP contribution in [0, 0.1) is 45.3 Å². The zero-order valence-corrected chi connectivity index (χ0v) is 40.3. The lowest BCUT2D eigenvalue weighted by Gasteiger charge is -2.72. The van der Waals surface area contributed by atoms with Crippen LogP contribution in [0.4, 0.5) is 0 Å². The van der Waals surface area contributed by atoms with Crippen molar-refractivity contribution in [2.45, 2.75) is 223 Å². The van der Waals surface area contributed by atoms with E-state index in [2.05, 4.69) is 26.8 Å². The van der Waals surface area contributed by atoms with E-state index in [1.165, 1.54) is 0 Å². The lowest BCUT2D eigenvalue weighted by molar-refractivity contribution is -0.383. The standard InChI is InChI=1S/C48H82O19/c1-21(2)10-9-13-48(8,67-42-38(61)35(58)32(55)26(19-50)64-42)22-11-15-46(6)30(22)23(52)16-28-45(5)14-12-29(53)44(3,4)40(45)24(17-47(28,46)7)62-43-39(36(59)33(56)27(20-51)65-43)66-41-37(60)34(57)31(54)25(18-49)63-41/h10,22-43,49-61H,9,11-20H2,1-8H3/t22?,23?,24-,25+,26+,27+,28?,29?,30?,31+,32+,33+,34-,35-,36-,37+,38+,39+,40?,41-,42-,43+,45?,46+,47?,48-/m0/s1. The summed E-state index contributed by atoms with van der Waals surface area (Å²) in [7, 11) is 0. The quantitative estimate of drug-likeness (QED) is 0.0773. The highest BCUT2D eigenvalue weighted by Gasteiger charge is 2.74. The molecule has 13 N–H and O–H groups in total. The smallest absolute Gasteiger partial charge is 0.187 e. The fourth-order valence-corrected chi connectivity index (χ4v) is 14.9. The van der Waals surface area contributed by atoms with Crippen molar-refractivity contribution in [1.29, 1.82) is 0 Å². The molecule has 3 heterocycles. The summed E-state index contributed by atoms with van der Waals surface area (Å²) in [5.74, 6) is -1.22. The van der Waals surface area contributed by atoms with Crippen LogP contribution < -0.4 is 0 Å². The highest BCUT2D eigenvalue weighted by atomic mass is 16.8. The molecule has 0 radical (unpaired) electrons. The van der Waals surface area contributed by atoms with Crippen LogP contribution in [0.3, 0.4) is 0 Å². The third kappa shape index (κ3) is 9.03. The summed E-state index contributed by atoms with van der Waals surface area (Å²) >= 11 is 0. The Balaban J connectivity index is 1.27. The summed E-state index contributed by atoms with van der Waals surface area (Å²) in [5, 5.41) is 142. The molecule has 0 aromatic carbocycles. The van der Waals surface area contributed by atoms with E-state index in [0.717, 1.165) is 5.57 Å². The molecular weight excluding hydrogens is 881 g/mol. The summed E-state index contributed by atoms with van der Waals surface area (Å²) < 4.78 is 37.9. The van der Waals surface area contributed by atoms with Gasteiger partial charge < -0.3 is 94.8 Å². The Morgan fingerprint density at radius 3 is 1.75 bits per heavy atom. The first-order chi connectivity index (χ1) is 31.3. The molecule has 4 aliphatic carbocycles. The first-order valence-electron chi connectivity index (χ1n) is 24.5. The number of allylic oxidation sites excluding steroid dienone is 2. The summed E-state index contributed by atoms with van der Waals surface area (Å²) in [5.41, 5.74) is -2.56. The number of hydrogen-bond donors (Lipinski definition) is 13. The Hall–Kier alpha value is -1.02. The maximum absolute atomic E-state index is 12.7. The number of fused-ring (bicyclic) bond motifs is 5. The average Bonchev–Trinajstić information content (AvgIpc) is 3.66. The van der Waals surface area contributed by atoms with E-state index in [4.69, 9.17) is 28.4 Å². The topological polar surface area (TPSA) is 318 Å².